The molecule has 2 N–H and O–H groups in total. The summed E-state index contributed by atoms with van der Waals surface area (Å²) in [5.74, 6) is 1.31. The fourth-order valence-corrected chi connectivity index (χ4v) is 3.91. The van der Waals surface area contributed by atoms with E-state index in [2.05, 4.69) is 15.8 Å². The lowest BCUT2D eigenvalue weighted by molar-refractivity contribution is 0.0934. The maximum Gasteiger partial charge on any atom is 0.271 e. The number of rotatable bonds is 10. The van der Waals surface area contributed by atoms with Crippen LogP contribution in [0.3, 0.4) is 0 Å². The van der Waals surface area contributed by atoms with E-state index in [0.29, 0.717) is 52.5 Å². The van der Waals surface area contributed by atoms with Crippen LogP contribution in [-0.2, 0) is 6.42 Å². The van der Waals surface area contributed by atoms with Gasteiger partial charge in [0.25, 0.3) is 11.8 Å². The topological polar surface area (TPSA) is 121 Å². The van der Waals surface area contributed by atoms with Crippen molar-refractivity contribution in [2.75, 3.05) is 35.0 Å². The van der Waals surface area contributed by atoms with Crippen LogP contribution in [0, 0.1) is 0 Å². The Kier molecular flexibility index (Phi) is 8.67. The number of hydrogen-bond donors (Lipinski definition) is 2. The van der Waals surface area contributed by atoms with Gasteiger partial charge in [0.05, 0.1) is 28.4 Å². The predicted octanol–water partition coefficient (Wildman–Crippen LogP) is 3.69. The molecular formula is C29H29N3O7. The summed E-state index contributed by atoms with van der Waals surface area (Å²) in [6.45, 7) is 0.333. The first-order valence-electron chi connectivity index (χ1n) is 12.1. The Labute approximate surface area is 225 Å². The Hall–Kier alpha value is -4.99. The molecule has 10 nitrogen and oxygen atoms in total. The second kappa shape index (κ2) is 12.5. The summed E-state index contributed by atoms with van der Waals surface area (Å²) in [4.78, 5) is 26.0. The van der Waals surface area contributed by atoms with E-state index in [-0.39, 0.29) is 11.1 Å². The zero-order valence-electron chi connectivity index (χ0n) is 22.1. The molecule has 39 heavy (non-hydrogen) atoms. The highest BCUT2D eigenvalue weighted by molar-refractivity contribution is 5.97. The number of nitrogens with zero attached hydrogens (tertiary/aromatic N) is 1. The molecule has 0 aliphatic rings. The number of hydrogen-bond acceptors (Lipinski definition) is 8. The van der Waals surface area contributed by atoms with Crippen molar-refractivity contribution in [2.45, 2.75) is 6.42 Å². The monoisotopic (exact) mass is 531 g/mol. The van der Waals surface area contributed by atoms with Crippen molar-refractivity contribution in [2.24, 2.45) is 5.10 Å². The van der Waals surface area contributed by atoms with E-state index in [1.807, 2.05) is 18.2 Å². The molecule has 10 heteroatoms. The lowest BCUT2D eigenvalue weighted by atomic mass is 10.1. The van der Waals surface area contributed by atoms with Crippen LogP contribution in [-0.4, -0.2) is 46.8 Å². The molecule has 0 spiro atoms. The summed E-state index contributed by atoms with van der Waals surface area (Å²) in [6, 6.07) is 19.1. The molecule has 0 atom stereocenters. The smallest absolute Gasteiger partial charge is 0.271 e. The number of fused-ring (bicyclic) bond motifs is 1. The molecule has 0 saturated heterocycles. The third-order valence-corrected chi connectivity index (χ3v) is 5.94. The maximum absolute atomic E-state index is 13.2. The number of nitrogens with one attached hydrogen (secondary N) is 2. The number of carbonyl (C=O) groups excluding carboxylic acids is 2. The highest BCUT2D eigenvalue weighted by Crippen LogP contribution is 2.28. The fourth-order valence-electron chi connectivity index (χ4n) is 3.91. The normalized spacial score (nSPS) is 11.1. The SMILES string of the molecule is COc1cccc(C(=O)N/N=c2\oc3c(OC)cccc3cc2C(=O)NCCc2ccc(OC)c(OC)c2)c1. The van der Waals surface area contributed by atoms with Crippen molar-refractivity contribution < 1.29 is 33.0 Å². The van der Waals surface area contributed by atoms with E-state index in [1.54, 1.807) is 62.8 Å². The van der Waals surface area contributed by atoms with Crippen LogP contribution in [0.25, 0.3) is 11.0 Å². The minimum atomic E-state index is -0.496. The highest BCUT2D eigenvalue weighted by Gasteiger charge is 2.16. The van der Waals surface area contributed by atoms with Gasteiger partial charge >= 0.3 is 0 Å². The van der Waals surface area contributed by atoms with Gasteiger partial charge in [-0.2, -0.15) is 0 Å². The molecule has 1 heterocycles. The molecule has 0 aliphatic carbocycles. The second-order valence-electron chi connectivity index (χ2n) is 8.32. The molecule has 2 amide bonds. The number of carbonyl (C=O) groups is 2. The van der Waals surface area contributed by atoms with Crippen LogP contribution in [0.15, 0.2) is 76.2 Å². The van der Waals surface area contributed by atoms with Crippen molar-refractivity contribution in [1.29, 1.82) is 0 Å². The van der Waals surface area contributed by atoms with Gasteiger partial charge in [0.2, 0.25) is 5.55 Å². The van der Waals surface area contributed by atoms with E-state index in [1.165, 1.54) is 14.2 Å². The first-order chi connectivity index (χ1) is 19.0. The molecule has 0 bridgehead atoms. The number of ether oxygens (including phenoxy) is 4. The fraction of sp³-hybridized carbons (Fsp3) is 0.207. The molecule has 3 aromatic carbocycles. The van der Waals surface area contributed by atoms with Crippen LogP contribution >= 0.6 is 0 Å². The first-order valence-corrected chi connectivity index (χ1v) is 12.1. The van der Waals surface area contributed by atoms with Gasteiger partial charge in [0, 0.05) is 17.5 Å². The zero-order chi connectivity index (χ0) is 27.8. The van der Waals surface area contributed by atoms with Crippen LogP contribution in [0.2, 0.25) is 0 Å². The Morgan fingerprint density at radius 2 is 1.56 bits per heavy atom. The van der Waals surface area contributed by atoms with E-state index in [9.17, 15) is 9.59 Å². The first kappa shape index (κ1) is 27.1. The number of benzene rings is 3. The maximum atomic E-state index is 13.2. The van der Waals surface area contributed by atoms with Crippen molar-refractivity contribution in [3.63, 3.8) is 0 Å². The highest BCUT2D eigenvalue weighted by atomic mass is 16.5. The summed E-state index contributed by atoms with van der Waals surface area (Å²) < 4.78 is 27.2. The van der Waals surface area contributed by atoms with Crippen LogP contribution in [0.1, 0.15) is 26.3 Å². The molecule has 202 valence electrons. The quantitative estimate of drug-likeness (QED) is 0.300. The summed E-state index contributed by atoms with van der Waals surface area (Å²) >= 11 is 0. The average molecular weight is 532 g/mol. The van der Waals surface area contributed by atoms with Gasteiger partial charge in [-0.1, -0.05) is 24.3 Å². The summed E-state index contributed by atoms with van der Waals surface area (Å²) in [5, 5.41) is 7.67. The lowest BCUT2D eigenvalue weighted by Gasteiger charge is -2.11. The summed E-state index contributed by atoms with van der Waals surface area (Å²) in [6.07, 6.45) is 0.545. The lowest BCUT2D eigenvalue weighted by Crippen LogP contribution is -2.32. The van der Waals surface area contributed by atoms with Gasteiger partial charge in [-0.25, -0.2) is 5.43 Å². The average Bonchev–Trinajstić information content (AvgIpc) is 2.98. The van der Waals surface area contributed by atoms with Crippen molar-refractivity contribution in [3.8, 4) is 23.0 Å². The number of amides is 2. The third kappa shape index (κ3) is 6.30. The number of para-hydroxylation sites is 1. The van der Waals surface area contributed by atoms with Crippen molar-refractivity contribution in [3.05, 3.63) is 89.0 Å². The van der Waals surface area contributed by atoms with Gasteiger partial charge in [-0.3, -0.25) is 9.59 Å². The molecule has 0 unspecified atom stereocenters. The van der Waals surface area contributed by atoms with Gasteiger partial charge in [-0.05, 0) is 54.4 Å². The van der Waals surface area contributed by atoms with Gasteiger partial charge < -0.3 is 28.7 Å². The Morgan fingerprint density at radius 3 is 2.31 bits per heavy atom. The summed E-state index contributed by atoms with van der Waals surface area (Å²) in [5.41, 5.74) is 4.20. The van der Waals surface area contributed by atoms with Crippen molar-refractivity contribution in [1.82, 2.24) is 10.7 Å². The molecule has 4 aromatic rings. The van der Waals surface area contributed by atoms with Gasteiger partial charge in [0.1, 0.15) is 11.3 Å². The van der Waals surface area contributed by atoms with Crippen molar-refractivity contribution >= 4 is 22.8 Å². The van der Waals surface area contributed by atoms with Gasteiger partial charge in [0.15, 0.2) is 22.8 Å². The van der Waals surface area contributed by atoms with E-state index < -0.39 is 11.8 Å². The van der Waals surface area contributed by atoms with Crippen LogP contribution < -0.4 is 35.2 Å². The standard InChI is InChI=1S/C29H29N3O7/c1-35-21-9-5-8-20(16-21)27(33)31-32-29-22(17-19-7-6-10-24(37-3)26(19)39-29)28(34)30-14-13-18-11-12-23(36-2)25(15-18)38-4/h5-12,15-17H,13-14H2,1-4H3,(H,30,34)(H,31,33)/b32-29-. The minimum absolute atomic E-state index is 0.0770. The van der Waals surface area contributed by atoms with Crippen LogP contribution in [0.5, 0.6) is 23.0 Å². The molecular weight excluding hydrogens is 502 g/mol. The van der Waals surface area contributed by atoms with E-state index in [4.69, 9.17) is 23.4 Å². The van der Waals surface area contributed by atoms with E-state index in [0.717, 1.165) is 5.56 Å². The minimum Gasteiger partial charge on any atom is -0.497 e. The molecule has 0 aliphatic heterocycles. The molecule has 4 rings (SSSR count). The van der Waals surface area contributed by atoms with Crippen LogP contribution in [0.4, 0.5) is 0 Å². The Bertz CT molecular complexity index is 1560. The zero-order valence-corrected chi connectivity index (χ0v) is 22.1. The third-order valence-electron chi connectivity index (χ3n) is 5.94. The molecule has 0 radical (unpaired) electrons. The molecule has 0 fully saturated rings. The Morgan fingerprint density at radius 1 is 0.795 bits per heavy atom. The molecule has 0 saturated carbocycles. The Balaban J connectivity index is 1.60. The summed E-state index contributed by atoms with van der Waals surface area (Å²) in [7, 11) is 6.17. The predicted molar refractivity (Wildman–Crippen MR) is 144 cm³/mol. The largest absolute Gasteiger partial charge is 0.497 e. The number of methoxy groups -OCH3 is 4. The van der Waals surface area contributed by atoms with Gasteiger partial charge in [-0.15, -0.1) is 5.10 Å². The van der Waals surface area contributed by atoms with E-state index >= 15 is 0 Å². The second-order valence-corrected chi connectivity index (χ2v) is 8.32. The molecule has 1 aromatic heterocycles.